The fraction of sp³-hybridized carbons (Fsp3) is 0.464. The Labute approximate surface area is 218 Å². The average molecular weight is 512 g/mol. The molecule has 2 N–H and O–H groups in total. The number of hydrogen-bond donors (Lipinski definition) is 2. The third-order valence-electron chi connectivity index (χ3n) is 6.61. The minimum Gasteiger partial charge on any atom is -0.436 e. The van der Waals surface area contributed by atoms with E-state index in [2.05, 4.69) is 10.6 Å². The van der Waals surface area contributed by atoms with Gasteiger partial charge < -0.3 is 29.7 Å². The van der Waals surface area contributed by atoms with E-state index in [9.17, 15) is 14.4 Å². The molecule has 2 unspecified atom stereocenters. The third kappa shape index (κ3) is 7.08. The Kier molecular flexibility index (Phi) is 10.0. The van der Waals surface area contributed by atoms with E-state index in [4.69, 9.17) is 14.2 Å². The molecule has 9 heteroatoms. The number of ether oxygens (including phenoxy) is 3. The average Bonchev–Trinajstić information content (AvgIpc) is 3.21. The van der Waals surface area contributed by atoms with Gasteiger partial charge in [0.1, 0.15) is 0 Å². The second-order valence-corrected chi connectivity index (χ2v) is 9.19. The van der Waals surface area contributed by atoms with Crippen molar-refractivity contribution in [3.05, 3.63) is 59.7 Å². The molecule has 200 valence electrons. The van der Waals surface area contributed by atoms with Gasteiger partial charge in [-0.1, -0.05) is 55.5 Å². The van der Waals surface area contributed by atoms with Crippen molar-refractivity contribution in [2.45, 2.75) is 58.1 Å². The maximum absolute atomic E-state index is 12.8. The maximum Gasteiger partial charge on any atom is 0.408 e. The lowest BCUT2D eigenvalue weighted by molar-refractivity contribution is -0.148. The molecule has 2 aromatic rings. The number of alkyl carbamates (subject to hydrolysis) is 1. The summed E-state index contributed by atoms with van der Waals surface area (Å²) in [6.45, 7) is 5.73. The molecule has 3 amide bonds. The summed E-state index contributed by atoms with van der Waals surface area (Å²) in [5, 5.41) is 5.38. The minimum atomic E-state index is -0.610. The van der Waals surface area contributed by atoms with Gasteiger partial charge in [0.05, 0.1) is 13.1 Å². The predicted octanol–water partition coefficient (Wildman–Crippen LogP) is 3.62. The highest BCUT2D eigenvalue weighted by Gasteiger charge is 2.31. The molecule has 0 saturated heterocycles. The van der Waals surface area contributed by atoms with Crippen LogP contribution < -0.4 is 10.6 Å². The van der Waals surface area contributed by atoms with Crippen molar-refractivity contribution >= 4 is 17.9 Å². The van der Waals surface area contributed by atoms with Gasteiger partial charge in [-0.05, 0) is 31.4 Å². The number of carbonyl (C=O) groups is 3. The Hall–Kier alpha value is -3.43. The zero-order valence-corrected chi connectivity index (χ0v) is 22.2. The summed E-state index contributed by atoms with van der Waals surface area (Å²) in [6, 6.07) is 15.1. The van der Waals surface area contributed by atoms with E-state index in [1.165, 1.54) is 14.2 Å². The van der Waals surface area contributed by atoms with Crippen LogP contribution in [0.2, 0.25) is 0 Å². The zero-order chi connectivity index (χ0) is 26.9. The largest absolute Gasteiger partial charge is 0.436 e. The van der Waals surface area contributed by atoms with Gasteiger partial charge in [0.25, 0.3) is 0 Å². The number of benzene rings is 2. The van der Waals surface area contributed by atoms with Gasteiger partial charge in [-0.15, -0.1) is 0 Å². The quantitative estimate of drug-likeness (QED) is 0.422. The number of carbonyl (C=O) groups excluding carboxylic acids is 3. The molecular weight excluding hydrogens is 474 g/mol. The van der Waals surface area contributed by atoms with Crippen molar-refractivity contribution in [3.63, 3.8) is 0 Å². The Morgan fingerprint density at radius 1 is 0.946 bits per heavy atom. The summed E-state index contributed by atoms with van der Waals surface area (Å²) < 4.78 is 16.2. The monoisotopic (exact) mass is 511 g/mol. The van der Waals surface area contributed by atoms with Gasteiger partial charge >= 0.3 is 6.09 Å². The van der Waals surface area contributed by atoms with Gasteiger partial charge in [-0.25, -0.2) is 4.79 Å². The number of amides is 3. The molecule has 0 heterocycles. The van der Waals surface area contributed by atoms with E-state index in [1.54, 1.807) is 11.8 Å². The molecule has 37 heavy (non-hydrogen) atoms. The summed E-state index contributed by atoms with van der Waals surface area (Å²) in [7, 11) is 3.03. The number of fused-ring (bicyclic) bond motifs is 3. The van der Waals surface area contributed by atoms with Crippen LogP contribution in [0.15, 0.2) is 48.5 Å². The first-order valence-corrected chi connectivity index (χ1v) is 12.6. The molecule has 0 radical (unpaired) electrons. The molecule has 0 bridgehead atoms. The van der Waals surface area contributed by atoms with Crippen LogP contribution in [-0.2, 0) is 23.8 Å². The van der Waals surface area contributed by atoms with Crippen LogP contribution in [0.3, 0.4) is 0 Å². The molecular formula is C28H37N3O6. The second-order valence-electron chi connectivity index (χ2n) is 9.19. The van der Waals surface area contributed by atoms with Crippen LogP contribution >= 0.6 is 0 Å². The number of methoxy groups -OCH3 is 2. The van der Waals surface area contributed by atoms with Gasteiger partial charge in [-0.2, -0.15) is 0 Å². The standard InChI is InChI=1S/C28H37N3O6/c1-6-19(3)31(17-26(35-4)36-5)25(33)16-29-24(32)15-18(2)30-28(34)37-27-22-13-9-7-11-20(22)21-12-8-10-14-23(21)27/h7-14,18-19,26-27H,6,15-17H2,1-5H3,(H,29,32)(H,30,34). The molecule has 0 spiro atoms. The summed E-state index contributed by atoms with van der Waals surface area (Å²) in [5.74, 6) is -0.586. The molecule has 1 aliphatic rings. The van der Waals surface area contributed by atoms with Crippen molar-refractivity contribution in [2.24, 2.45) is 0 Å². The minimum absolute atomic E-state index is 0.00230. The molecule has 1 aliphatic carbocycles. The Morgan fingerprint density at radius 2 is 1.51 bits per heavy atom. The summed E-state index contributed by atoms with van der Waals surface area (Å²) >= 11 is 0. The van der Waals surface area contributed by atoms with Crippen LogP contribution in [0.25, 0.3) is 11.1 Å². The number of hydrogen-bond acceptors (Lipinski definition) is 6. The van der Waals surface area contributed by atoms with E-state index < -0.39 is 24.5 Å². The highest BCUT2D eigenvalue weighted by atomic mass is 16.7. The number of rotatable bonds is 12. The van der Waals surface area contributed by atoms with Gasteiger partial charge in [0.15, 0.2) is 12.4 Å². The zero-order valence-electron chi connectivity index (χ0n) is 22.2. The number of nitrogens with one attached hydrogen (secondary N) is 2. The molecule has 3 rings (SSSR count). The Bertz CT molecular complexity index is 1040. The Morgan fingerprint density at radius 3 is 2.05 bits per heavy atom. The van der Waals surface area contributed by atoms with Crippen LogP contribution in [0.5, 0.6) is 0 Å². The first kappa shape index (κ1) is 28.1. The van der Waals surface area contributed by atoms with Gasteiger partial charge in [0, 0.05) is 43.9 Å². The summed E-state index contributed by atoms with van der Waals surface area (Å²) in [6.07, 6.45) is -0.925. The Balaban J connectivity index is 1.50. The van der Waals surface area contributed by atoms with E-state index in [1.807, 2.05) is 62.4 Å². The van der Waals surface area contributed by atoms with Crippen molar-refractivity contribution in [1.82, 2.24) is 15.5 Å². The predicted molar refractivity (Wildman–Crippen MR) is 140 cm³/mol. The van der Waals surface area contributed by atoms with Crippen molar-refractivity contribution in [2.75, 3.05) is 27.3 Å². The van der Waals surface area contributed by atoms with E-state index in [0.29, 0.717) is 0 Å². The highest BCUT2D eigenvalue weighted by molar-refractivity contribution is 5.85. The maximum atomic E-state index is 12.8. The van der Waals surface area contributed by atoms with Gasteiger partial charge in [-0.3, -0.25) is 9.59 Å². The van der Waals surface area contributed by atoms with Gasteiger partial charge in [0.2, 0.25) is 11.8 Å². The van der Waals surface area contributed by atoms with E-state index in [0.717, 1.165) is 28.7 Å². The lowest BCUT2D eigenvalue weighted by Crippen LogP contribution is -2.48. The molecule has 0 saturated carbocycles. The molecule has 2 aromatic carbocycles. The molecule has 9 nitrogen and oxygen atoms in total. The smallest absolute Gasteiger partial charge is 0.408 e. The topological polar surface area (TPSA) is 106 Å². The fourth-order valence-electron chi connectivity index (χ4n) is 4.41. The summed E-state index contributed by atoms with van der Waals surface area (Å²) in [5.41, 5.74) is 3.94. The van der Waals surface area contributed by atoms with Crippen molar-refractivity contribution < 1.29 is 28.6 Å². The van der Waals surface area contributed by atoms with Crippen LogP contribution in [0, 0.1) is 0 Å². The first-order valence-electron chi connectivity index (χ1n) is 12.6. The van der Waals surface area contributed by atoms with E-state index >= 15 is 0 Å². The lowest BCUT2D eigenvalue weighted by Gasteiger charge is -2.31. The molecule has 0 fully saturated rings. The van der Waals surface area contributed by atoms with Crippen LogP contribution in [0.1, 0.15) is 50.8 Å². The van der Waals surface area contributed by atoms with Crippen molar-refractivity contribution in [1.29, 1.82) is 0 Å². The highest BCUT2D eigenvalue weighted by Crippen LogP contribution is 2.44. The SMILES string of the molecule is CCC(C)N(CC(OC)OC)C(=O)CNC(=O)CC(C)NC(=O)OC1c2ccccc2-c2ccccc21. The lowest BCUT2D eigenvalue weighted by atomic mass is 10.1. The fourth-order valence-corrected chi connectivity index (χ4v) is 4.41. The normalized spacial score (nSPS) is 13.9. The van der Waals surface area contributed by atoms with Crippen molar-refractivity contribution in [3.8, 4) is 11.1 Å². The second kappa shape index (κ2) is 13.2. The third-order valence-corrected chi connectivity index (χ3v) is 6.61. The molecule has 0 aromatic heterocycles. The molecule has 2 atom stereocenters. The summed E-state index contributed by atoms with van der Waals surface area (Å²) in [4.78, 5) is 39.6. The first-order chi connectivity index (χ1) is 17.8. The number of nitrogens with zero attached hydrogens (tertiary/aromatic N) is 1. The molecule has 0 aliphatic heterocycles. The van der Waals surface area contributed by atoms with E-state index in [-0.39, 0.29) is 37.4 Å². The van der Waals surface area contributed by atoms with Crippen LogP contribution in [-0.4, -0.2) is 68.5 Å². The van der Waals surface area contributed by atoms with Crippen LogP contribution in [0.4, 0.5) is 4.79 Å².